The molecule has 0 amide bonds. The van der Waals surface area contributed by atoms with Crippen molar-refractivity contribution in [3.8, 4) is 0 Å². The van der Waals surface area contributed by atoms with Crippen LogP contribution in [-0.4, -0.2) is 39.2 Å². The number of nitrogens with one attached hydrogen (secondary N) is 1. The molecular weight excluding hydrogens is 326 g/mol. The molecule has 1 heterocycles. The van der Waals surface area contributed by atoms with E-state index < -0.39 is 0 Å². The Hall–Kier alpha value is -0.920. The number of aliphatic hydroxyl groups excluding tert-OH is 2. The molecule has 3 N–H and O–H groups in total. The number of aliphatic hydroxyl groups is 2. The average molecular weight is 348 g/mol. The van der Waals surface area contributed by atoms with E-state index in [0.717, 1.165) is 0 Å². The fourth-order valence-electron chi connectivity index (χ4n) is 1.86. The van der Waals surface area contributed by atoms with E-state index in [1.165, 1.54) is 4.68 Å². The molecule has 0 radical (unpaired) electrons. The minimum Gasteiger partial charge on any atom is -0.396 e. The van der Waals surface area contributed by atoms with Crippen molar-refractivity contribution in [3.63, 3.8) is 0 Å². The molecule has 0 saturated heterocycles. The second-order valence-corrected chi connectivity index (χ2v) is 6.49. The van der Waals surface area contributed by atoms with Crippen molar-refractivity contribution < 1.29 is 10.2 Å². The molecule has 6 nitrogen and oxygen atoms in total. The van der Waals surface area contributed by atoms with E-state index in [1.54, 1.807) is 6.20 Å². The van der Waals surface area contributed by atoms with E-state index in [0.29, 0.717) is 16.6 Å². The molecule has 1 aromatic heterocycles. The molecule has 0 aliphatic carbocycles. The first-order valence-electron chi connectivity index (χ1n) is 6.55. The van der Waals surface area contributed by atoms with Crippen molar-refractivity contribution in [2.75, 3.05) is 18.5 Å². The molecule has 1 unspecified atom stereocenters. The number of nitrogens with zero attached hydrogens (tertiary/aromatic N) is 2. The lowest BCUT2D eigenvalue weighted by atomic mass is 9.85. The highest BCUT2D eigenvalue weighted by molar-refractivity contribution is 9.10. The van der Waals surface area contributed by atoms with Gasteiger partial charge in [0, 0.05) is 12.6 Å². The number of rotatable bonds is 6. The zero-order valence-corrected chi connectivity index (χ0v) is 13.6. The van der Waals surface area contributed by atoms with E-state index in [1.807, 2.05) is 0 Å². The summed E-state index contributed by atoms with van der Waals surface area (Å²) in [4.78, 5) is 12.0. The normalized spacial score (nSPS) is 13.3. The van der Waals surface area contributed by atoms with Gasteiger partial charge in [-0.05, 0) is 27.8 Å². The van der Waals surface area contributed by atoms with Gasteiger partial charge in [0.2, 0.25) is 0 Å². The van der Waals surface area contributed by atoms with Crippen molar-refractivity contribution in [2.24, 2.45) is 5.41 Å². The third-order valence-corrected chi connectivity index (χ3v) is 3.86. The van der Waals surface area contributed by atoms with Gasteiger partial charge in [-0.2, -0.15) is 5.10 Å². The lowest BCUT2D eigenvalue weighted by molar-refractivity contribution is 0.235. The van der Waals surface area contributed by atoms with Gasteiger partial charge in [0.25, 0.3) is 5.56 Å². The minimum atomic E-state index is -0.291. The minimum absolute atomic E-state index is 0.0127. The van der Waals surface area contributed by atoms with Crippen LogP contribution in [0.5, 0.6) is 0 Å². The molecule has 0 fully saturated rings. The standard InChI is InChI=1S/C13H22BrN3O3/c1-13(2,3)10(4-6-18)16-9-8-15-17(5-7-19)12(20)11(9)14/h8,10,16,18-19H,4-7H2,1-3H3. The van der Waals surface area contributed by atoms with E-state index >= 15 is 0 Å². The highest BCUT2D eigenvalue weighted by atomic mass is 79.9. The smallest absolute Gasteiger partial charge is 0.283 e. The predicted octanol–water partition coefficient (Wildman–Crippen LogP) is 1.21. The van der Waals surface area contributed by atoms with Crippen molar-refractivity contribution in [3.05, 3.63) is 21.0 Å². The number of halogens is 1. The van der Waals surface area contributed by atoms with Crippen LogP contribution in [0.25, 0.3) is 0 Å². The molecule has 1 atom stereocenters. The summed E-state index contributed by atoms with van der Waals surface area (Å²) in [7, 11) is 0. The number of hydrogen-bond acceptors (Lipinski definition) is 5. The van der Waals surface area contributed by atoms with E-state index in [9.17, 15) is 4.79 Å². The molecule has 0 aliphatic rings. The van der Waals surface area contributed by atoms with Gasteiger partial charge in [0.1, 0.15) is 4.47 Å². The molecule has 114 valence electrons. The zero-order valence-electron chi connectivity index (χ0n) is 12.1. The van der Waals surface area contributed by atoms with Crippen molar-refractivity contribution >= 4 is 21.6 Å². The summed E-state index contributed by atoms with van der Waals surface area (Å²) in [5.41, 5.74) is 0.237. The fourth-order valence-corrected chi connectivity index (χ4v) is 2.28. The Morgan fingerprint density at radius 1 is 1.40 bits per heavy atom. The quantitative estimate of drug-likeness (QED) is 0.719. The highest BCUT2D eigenvalue weighted by Crippen LogP contribution is 2.27. The summed E-state index contributed by atoms with van der Waals surface area (Å²) in [6.45, 7) is 6.29. The number of hydrogen-bond donors (Lipinski definition) is 3. The summed E-state index contributed by atoms with van der Waals surface area (Å²) in [5, 5.41) is 25.3. The Balaban J connectivity index is 3.03. The van der Waals surface area contributed by atoms with Crippen LogP contribution >= 0.6 is 15.9 Å². The van der Waals surface area contributed by atoms with E-state index in [-0.39, 0.29) is 36.8 Å². The average Bonchev–Trinajstić information content (AvgIpc) is 2.36. The Morgan fingerprint density at radius 2 is 2.05 bits per heavy atom. The van der Waals surface area contributed by atoms with Crippen LogP contribution in [0.15, 0.2) is 15.5 Å². The Bertz CT molecular complexity index is 497. The van der Waals surface area contributed by atoms with Crippen LogP contribution in [0.1, 0.15) is 27.2 Å². The maximum atomic E-state index is 12.0. The molecular formula is C13H22BrN3O3. The summed E-state index contributed by atoms with van der Waals surface area (Å²) in [6, 6.07) is 0.0127. The zero-order chi connectivity index (χ0) is 15.3. The third-order valence-electron chi connectivity index (χ3n) is 3.09. The Labute approximate surface area is 127 Å². The fraction of sp³-hybridized carbons (Fsp3) is 0.692. The topological polar surface area (TPSA) is 87.4 Å². The molecule has 7 heteroatoms. The largest absolute Gasteiger partial charge is 0.396 e. The third kappa shape index (κ3) is 4.29. The van der Waals surface area contributed by atoms with E-state index in [4.69, 9.17) is 10.2 Å². The van der Waals surface area contributed by atoms with Gasteiger partial charge in [-0.3, -0.25) is 4.79 Å². The molecule has 0 aromatic carbocycles. The number of anilines is 1. The lowest BCUT2D eigenvalue weighted by Crippen LogP contribution is -2.36. The summed E-state index contributed by atoms with van der Waals surface area (Å²) >= 11 is 3.27. The molecule has 0 aliphatic heterocycles. The molecule has 0 spiro atoms. The van der Waals surface area contributed by atoms with Gasteiger partial charge in [-0.1, -0.05) is 20.8 Å². The highest BCUT2D eigenvalue weighted by Gasteiger charge is 2.25. The van der Waals surface area contributed by atoms with Gasteiger partial charge >= 0.3 is 0 Å². The van der Waals surface area contributed by atoms with Crippen molar-refractivity contribution in [2.45, 2.75) is 39.8 Å². The predicted molar refractivity (Wildman–Crippen MR) is 81.9 cm³/mol. The monoisotopic (exact) mass is 347 g/mol. The van der Waals surface area contributed by atoms with Crippen LogP contribution in [0.3, 0.4) is 0 Å². The van der Waals surface area contributed by atoms with Gasteiger partial charge in [0.15, 0.2) is 0 Å². The molecule has 20 heavy (non-hydrogen) atoms. The van der Waals surface area contributed by atoms with Gasteiger partial charge in [0.05, 0.1) is 25.0 Å². The molecule has 1 aromatic rings. The molecule has 0 saturated carbocycles. The SMILES string of the molecule is CC(C)(C)C(CCO)Nc1cnn(CCO)c(=O)c1Br. The molecule has 1 rings (SSSR count). The first-order valence-corrected chi connectivity index (χ1v) is 7.34. The van der Waals surface area contributed by atoms with Gasteiger partial charge < -0.3 is 15.5 Å². The first-order chi connectivity index (χ1) is 9.31. The second kappa shape index (κ2) is 7.19. The Morgan fingerprint density at radius 3 is 2.55 bits per heavy atom. The van der Waals surface area contributed by atoms with Gasteiger partial charge in [-0.15, -0.1) is 0 Å². The Kier molecular flexibility index (Phi) is 6.16. The van der Waals surface area contributed by atoms with Crippen LogP contribution in [0.4, 0.5) is 5.69 Å². The summed E-state index contributed by atoms with van der Waals surface area (Å²) in [6.07, 6.45) is 2.13. The maximum absolute atomic E-state index is 12.0. The van der Waals surface area contributed by atoms with Crippen LogP contribution in [0.2, 0.25) is 0 Å². The summed E-state index contributed by atoms with van der Waals surface area (Å²) in [5.74, 6) is 0. The van der Waals surface area contributed by atoms with Gasteiger partial charge in [-0.25, -0.2) is 4.68 Å². The van der Waals surface area contributed by atoms with Crippen LogP contribution in [-0.2, 0) is 6.54 Å². The lowest BCUT2D eigenvalue weighted by Gasteiger charge is -2.32. The van der Waals surface area contributed by atoms with E-state index in [2.05, 4.69) is 47.1 Å². The van der Waals surface area contributed by atoms with Crippen molar-refractivity contribution in [1.29, 1.82) is 0 Å². The maximum Gasteiger partial charge on any atom is 0.283 e. The second-order valence-electron chi connectivity index (χ2n) is 5.70. The molecule has 0 bridgehead atoms. The van der Waals surface area contributed by atoms with Crippen LogP contribution < -0.4 is 10.9 Å². The number of aromatic nitrogens is 2. The first kappa shape index (κ1) is 17.1. The summed E-state index contributed by atoms with van der Waals surface area (Å²) < 4.78 is 1.58. The van der Waals surface area contributed by atoms with Crippen molar-refractivity contribution in [1.82, 2.24) is 9.78 Å². The van der Waals surface area contributed by atoms with Crippen LogP contribution in [0, 0.1) is 5.41 Å².